The Labute approximate surface area is 124 Å². The smallest absolute Gasteiger partial charge is 0.255 e. The lowest BCUT2D eigenvalue weighted by atomic mass is 10.1. The molecule has 1 saturated heterocycles. The van der Waals surface area contributed by atoms with Crippen LogP contribution in [-0.2, 0) is 9.47 Å². The zero-order valence-electron chi connectivity index (χ0n) is 12.0. The monoisotopic (exact) mass is 288 g/mol. The number of hydrogen-bond donors (Lipinski definition) is 0. The van der Waals surface area contributed by atoms with Crippen molar-refractivity contribution in [2.45, 2.75) is 31.1 Å². The molecule has 3 rings (SSSR count). The summed E-state index contributed by atoms with van der Waals surface area (Å²) in [6.07, 6.45) is 6.89. The molecule has 112 valence electrons. The van der Waals surface area contributed by atoms with Gasteiger partial charge in [0.1, 0.15) is 6.10 Å². The largest absolute Gasteiger partial charge is 0.372 e. The maximum atomic E-state index is 12.6. The van der Waals surface area contributed by atoms with Gasteiger partial charge in [-0.15, -0.1) is 6.58 Å². The molecule has 0 N–H and O–H groups in total. The van der Waals surface area contributed by atoms with Crippen molar-refractivity contribution in [3.05, 3.63) is 42.7 Å². The predicted octanol–water partition coefficient (Wildman–Crippen LogP) is 1.66. The van der Waals surface area contributed by atoms with Gasteiger partial charge in [0.15, 0.2) is 0 Å². The third-order valence-electron chi connectivity index (χ3n) is 4.13. The van der Waals surface area contributed by atoms with E-state index in [0.29, 0.717) is 25.3 Å². The molecule has 0 spiro atoms. The number of morpholine rings is 1. The van der Waals surface area contributed by atoms with Crippen molar-refractivity contribution in [3.8, 4) is 0 Å². The Morgan fingerprint density at radius 2 is 2.48 bits per heavy atom. The first-order valence-electron chi connectivity index (χ1n) is 7.36. The molecule has 5 heteroatoms. The van der Waals surface area contributed by atoms with Crippen LogP contribution in [0.1, 0.15) is 23.2 Å². The first-order valence-corrected chi connectivity index (χ1v) is 7.36. The molecule has 2 aliphatic rings. The van der Waals surface area contributed by atoms with Gasteiger partial charge in [-0.05, 0) is 25.0 Å². The minimum absolute atomic E-state index is 0.0284. The summed E-state index contributed by atoms with van der Waals surface area (Å²) in [7, 11) is 0. The first kappa shape index (κ1) is 14.2. The van der Waals surface area contributed by atoms with Crippen LogP contribution < -0.4 is 0 Å². The van der Waals surface area contributed by atoms with E-state index in [9.17, 15) is 4.79 Å². The zero-order valence-corrected chi connectivity index (χ0v) is 12.0. The van der Waals surface area contributed by atoms with Crippen LogP contribution in [0.5, 0.6) is 0 Å². The molecule has 1 amide bonds. The number of ether oxygens (including phenoxy) is 2. The molecule has 1 aromatic heterocycles. The lowest BCUT2D eigenvalue weighted by Crippen LogP contribution is -2.53. The van der Waals surface area contributed by atoms with Crippen LogP contribution >= 0.6 is 0 Å². The van der Waals surface area contributed by atoms with Gasteiger partial charge in [0.25, 0.3) is 5.91 Å². The van der Waals surface area contributed by atoms with Crippen molar-refractivity contribution in [1.29, 1.82) is 0 Å². The van der Waals surface area contributed by atoms with Crippen molar-refractivity contribution in [1.82, 2.24) is 9.88 Å². The van der Waals surface area contributed by atoms with Crippen LogP contribution in [0.4, 0.5) is 0 Å². The second kappa shape index (κ2) is 6.37. The fourth-order valence-electron chi connectivity index (χ4n) is 3.19. The molecule has 1 aromatic rings. The van der Waals surface area contributed by atoms with Gasteiger partial charge in [-0.25, -0.2) is 0 Å². The molecule has 1 aliphatic carbocycles. The third-order valence-corrected chi connectivity index (χ3v) is 4.13. The quantitative estimate of drug-likeness (QED) is 0.791. The Morgan fingerprint density at radius 1 is 1.57 bits per heavy atom. The van der Waals surface area contributed by atoms with E-state index in [1.807, 2.05) is 4.90 Å². The number of fused-ring (bicyclic) bond motifs is 1. The van der Waals surface area contributed by atoms with E-state index < -0.39 is 0 Å². The summed E-state index contributed by atoms with van der Waals surface area (Å²) >= 11 is 0. The average Bonchev–Trinajstić information content (AvgIpc) is 2.96. The highest BCUT2D eigenvalue weighted by Gasteiger charge is 2.45. The second-order valence-electron chi connectivity index (χ2n) is 5.38. The Balaban J connectivity index is 1.73. The highest BCUT2D eigenvalue weighted by atomic mass is 16.5. The van der Waals surface area contributed by atoms with Gasteiger partial charge >= 0.3 is 0 Å². The van der Waals surface area contributed by atoms with Gasteiger partial charge < -0.3 is 14.4 Å². The SMILES string of the molecule is C=CCO[C@@H]1CC[C@@H]2[C@H]1OCCN2C(=O)c1cccnc1. The van der Waals surface area contributed by atoms with Gasteiger partial charge in [-0.3, -0.25) is 9.78 Å². The minimum atomic E-state index is -0.0284. The molecule has 21 heavy (non-hydrogen) atoms. The molecule has 5 nitrogen and oxygen atoms in total. The molecule has 2 fully saturated rings. The number of hydrogen-bond acceptors (Lipinski definition) is 4. The topological polar surface area (TPSA) is 51.7 Å². The molecular weight excluding hydrogens is 268 g/mol. The van der Waals surface area contributed by atoms with Crippen molar-refractivity contribution < 1.29 is 14.3 Å². The van der Waals surface area contributed by atoms with E-state index in [0.717, 1.165) is 12.8 Å². The van der Waals surface area contributed by atoms with E-state index >= 15 is 0 Å². The second-order valence-corrected chi connectivity index (χ2v) is 5.38. The molecule has 0 aromatic carbocycles. The van der Waals surface area contributed by atoms with Crippen LogP contribution in [0.3, 0.4) is 0 Å². The predicted molar refractivity (Wildman–Crippen MR) is 78.0 cm³/mol. The van der Waals surface area contributed by atoms with E-state index in [1.165, 1.54) is 0 Å². The zero-order chi connectivity index (χ0) is 14.7. The number of amides is 1. The Bertz CT molecular complexity index is 506. The van der Waals surface area contributed by atoms with E-state index in [2.05, 4.69) is 11.6 Å². The Morgan fingerprint density at radius 3 is 3.24 bits per heavy atom. The van der Waals surface area contributed by atoms with E-state index in [1.54, 1.807) is 30.6 Å². The molecule has 0 unspecified atom stereocenters. The summed E-state index contributed by atoms with van der Waals surface area (Å²) < 4.78 is 11.6. The standard InChI is InChI=1S/C16H20N2O3/c1-2-9-20-14-6-5-13-15(14)21-10-8-18(13)16(19)12-4-3-7-17-11-12/h2-4,7,11,13-15H,1,5-6,8-10H2/t13-,14-,15-/m1/s1. The van der Waals surface area contributed by atoms with Crippen LogP contribution in [-0.4, -0.2) is 53.8 Å². The first-order chi connectivity index (χ1) is 10.3. The molecule has 3 atom stereocenters. The van der Waals surface area contributed by atoms with Gasteiger partial charge in [0, 0.05) is 18.9 Å². The lowest BCUT2D eigenvalue weighted by molar-refractivity contribution is -0.100. The fourth-order valence-corrected chi connectivity index (χ4v) is 3.19. The summed E-state index contributed by atoms with van der Waals surface area (Å²) in [6.45, 7) is 5.38. The number of nitrogens with zero attached hydrogens (tertiary/aromatic N) is 2. The maximum Gasteiger partial charge on any atom is 0.255 e. The molecule has 2 heterocycles. The van der Waals surface area contributed by atoms with Crippen LogP contribution in [0, 0.1) is 0 Å². The molecule has 1 aliphatic heterocycles. The number of rotatable bonds is 4. The van der Waals surface area contributed by atoms with Gasteiger partial charge in [-0.1, -0.05) is 6.08 Å². The number of aromatic nitrogens is 1. The van der Waals surface area contributed by atoms with E-state index in [-0.39, 0.29) is 24.2 Å². The van der Waals surface area contributed by atoms with Crippen LogP contribution in [0.2, 0.25) is 0 Å². The summed E-state index contributed by atoms with van der Waals surface area (Å²) in [5.74, 6) is 0.0331. The average molecular weight is 288 g/mol. The van der Waals surface area contributed by atoms with Crippen molar-refractivity contribution in [2.75, 3.05) is 19.8 Å². The fraction of sp³-hybridized carbons (Fsp3) is 0.500. The number of carbonyl (C=O) groups is 1. The summed E-state index contributed by atoms with van der Waals surface area (Å²) in [4.78, 5) is 18.6. The van der Waals surface area contributed by atoms with Crippen LogP contribution in [0.15, 0.2) is 37.2 Å². The number of carbonyl (C=O) groups excluding carboxylic acids is 1. The Kier molecular flexibility index (Phi) is 4.31. The van der Waals surface area contributed by atoms with Crippen molar-refractivity contribution in [3.63, 3.8) is 0 Å². The molecule has 1 saturated carbocycles. The number of pyridine rings is 1. The van der Waals surface area contributed by atoms with Gasteiger partial charge in [0.05, 0.1) is 30.9 Å². The molecule has 0 bridgehead atoms. The van der Waals surface area contributed by atoms with Gasteiger partial charge in [-0.2, -0.15) is 0 Å². The minimum Gasteiger partial charge on any atom is -0.372 e. The maximum absolute atomic E-state index is 12.6. The highest BCUT2D eigenvalue weighted by molar-refractivity contribution is 5.94. The van der Waals surface area contributed by atoms with E-state index in [4.69, 9.17) is 9.47 Å². The Hall–Kier alpha value is -1.72. The van der Waals surface area contributed by atoms with Crippen molar-refractivity contribution in [2.24, 2.45) is 0 Å². The molecular formula is C16H20N2O3. The lowest BCUT2D eigenvalue weighted by Gasteiger charge is -2.39. The highest BCUT2D eigenvalue weighted by Crippen LogP contribution is 2.32. The summed E-state index contributed by atoms with van der Waals surface area (Å²) in [5, 5.41) is 0. The summed E-state index contributed by atoms with van der Waals surface area (Å²) in [6, 6.07) is 3.69. The normalized spacial score (nSPS) is 28.2. The van der Waals surface area contributed by atoms with Gasteiger partial charge in [0.2, 0.25) is 0 Å². The molecule has 0 radical (unpaired) electrons. The van der Waals surface area contributed by atoms with Crippen LogP contribution in [0.25, 0.3) is 0 Å². The van der Waals surface area contributed by atoms with Crippen molar-refractivity contribution >= 4 is 5.91 Å². The third kappa shape index (κ3) is 2.84. The summed E-state index contributed by atoms with van der Waals surface area (Å²) in [5.41, 5.74) is 0.633.